The number of carbonyl (C=O) groups excluding carboxylic acids is 1. The molecule has 1 rings (SSSR count). The Labute approximate surface area is 86.0 Å². The first-order valence-corrected chi connectivity index (χ1v) is 5.53. The highest BCUT2D eigenvalue weighted by Gasteiger charge is 2.21. The first kappa shape index (κ1) is 11.5. The summed E-state index contributed by atoms with van der Waals surface area (Å²) in [4.78, 5) is 11.3. The SMILES string of the molecule is CC(C)CC(=O)OC1CCC(N)CC1. The van der Waals surface area contributed by atoms with Crippen molar-refractivity contribution in [3.63, 3.8) is 0 Å². The van der Waals surface area contributed by atoms with Crippen LogP contribution in [-0.2, 0) is 9.53 Å². The fraction of sp³-hybridized carbons (Fsp3) is 0.909. The quantitative estimate of drug-likeness (QED) is 0.706. The van der Waals surface area contributed by atoms with E-state index in [-0.39, 0.29) is 12.1 Å². The molecule has 3 heteroatoms. The van der Waals surface area contributed by atoms with Crippen molar-refractivity contribution in [2.75, 3.05) is 0 Å². The van der Waals surface area contributed by atoms with Gasteiger partial charge in [0.05, 0.1) is 0 Å². The Bertz CT molecular complexity index is 184. The van der Waals surface area contributed by atoms with E-state index in [2.05, 4.69) is 0 Å². The molecular formula is C11H21NO2. The second-order valence-corrected chi connectivity index (χ2v) is 4.62. The van der Waals surface area contributed by atoms with Crippen LogP contribution >= 0.6 is 0 Å². The Morgan fingerprint density at radius 2 is 1.93 bits per heavy atom. The molecule has 0 aromatic rings. The van der Waals surface area contributed by atoms with Gasteiger partial charge < -0.3 is 10.5 Å². The molecular weight excluding hydrogens is 178 g/mol. The molecule has 1 aliphatic rings. The maximum absolute atomic E-state index is 11.3. The van der Waals surface area contributed by atoms with Crippen LogP contribution in [0.4, 0.5) is 0 Å². The highest BCUT2D eigenvalue weighted by Crippen LogP contribution is 2.20. The first-order chi connectivity index (χ1) is 6.58. The van der Waals surface area contributed by atoms with E-state index in [4.69, 9.17) is 10.5 Å². The van der Waals surface area contributed by atoms with Crippen molar-refractivity contribution in [3.8, 4) is 0 Å². The summed E-state index contributed by atoms with van der Waals surface area (Å²) in [6.45, 7) is 4.05. The lowest BCUT2D eigenvalue weighted by Crippen LogP contribution is -2.31. The summed E-state index contributed by atoms with van der Waals surface area (Å²) in [5.74, 6) is 0.328. The number of esters is 1. The Balaban J connectivity index is 2.20. The zero-order valence-corrected chi connectivity index (χ0v) is 9.16. The number of hydrogen-bond acceptors (Lipinski definition) is 3. The second-order valence-electron chi connectivity index (χ2n) is 4.62. The van der Waals surface area contributed by atoms with Gasteiger partial charge in [-0.3, -0.25) is 4.79 Å². The minimum absolute atomic E-state index is 0.0551. The zero-order valence-electron chi connectivity index (χ0n) is 9.16. The van der Waals surface area contributed by atoms with Gasteiger partial charge in [-0.15, -0.1) is 0 Å². The van der Waals surface area contributed by atoms with Crippen molar-refractivity contribution >= 4 is 5.97 Å². The largest absolute Gasteiger partial charge is 0.462 e. The van der Waals surface area contributed by atoms with E-state index < -0.39 is 0 Å². The summed E-state index contributed by atoms with van der Waals surface area (Å²) in [6.07, 6.45) is 4.50. The molecule has 2 N–H and O–H groups in total. The van der Waals surface area contributed by atoms with E-state index in [9.17, 15) is 4.79 Å². The van der Waals surface area contributed by atoms with Gasteiger partial charge in [0.1, 0.15) is 6.10 Å². The molecule has 1 aliphatic carbocycles. The molecule has 0 saturated heterocycles. The molecule has 14 heavy (non-hydrogen) atoms. The van der Waals surface area contributed by atoms with Crippen LogP contribution in [0.25, 0.3) is 0 Å². The van der Waals surface area contributed by atoms with Crippen molar-refractivity contribution in [1.82, 2.24) is 0 Å². The molecule has 0 atom stereocenters. The third-order valence-electron chi connectivity index (χ3n) is 2.59. The Hall–Kier alpha value is -0.570. The summed E-state index contributed by atoms with van der Waals surface area (Å²) >= 11 is 0. The van der Waals surface area contributed by atoms with E-state index in [1.165, 1.54) is 0 Å². The van der Waals surface area contributed by atoms with Crippen molar-refractivity contribution < 1.29 is 9.53 Å². The highest BCUT2D eigenvalue weighted by atomic mass is 16.5. The summed E-state index contributed by atoms with van der Waals surface area (Å²) in [6, 6.07) is 0.315. The third-order valence-corrected chi connectivity index (χ3v) is 2.59. The zero-order chi connectivity index (χ0) is 10.6. The average Bonchev–Trinajstić information content (AvgIpc) is 2.07. The third kappa shape index (κ3) is 4.09. The second kappa shape index (κ2) is 5.35. The molecule has 0 bridgehead atoms. The molecule has 0 aromatic heterocycles. The molecule has 1 saturated carbocycles. The normalized spacial score (nSPS) is 27.7. The molecule has 0 heterocycles. The summed E-state index contributed by atoms with van der Waals surface area (Å²) in [5, 5.41) is 0. The van der Waals surface area contributed by atoms with Gasteiger partial charge in [0.2, 0.25) is 0 Å². The first-order valence-electron chi connectivity index (χ1n) is 5.53. The van der Waals surface area contributed by atoms with Crippen LogP contribution in [0.15, 0.2) is 0 Å². The van der Waals surface area contributed by atoms with Crippen LogP contribution in [0.3, 0.4) is 0 Å². The van der Waals surface area contributed by atoms with Gasteiger partial charge in [-0.25, -0.2) is 0 Å². The smallest absolute Gasteiger partial charge is 0.306 e. The maximum Gasteiger partial charge on any atom is 0.306 e. The molecule has 0 aliphatic heterocycles. The van der Waals surface area contributed by atoms with Gasteiger partial charge in [0, 0.05) is 12.5 Å². The number of nitrogens with two attached hydrogens (primary N) is 1. The Morgan fingerprint density at radius 1 is 1.36 bits per heavy atom. The molecule has 0 spiro atoms. The molecule has 0 unspecified atom stereocenters. The summed E-state index contributed by atoms with van der Waals surface area (Å²) in [5.41, 5.74) is 5.77. The molecule has 3 nitrogen and oxygen atoms in total. The van der Waals surface area contributed by atoms with Crippen molar-refractivity contribution in [1.29, 1.82) is 0 Å². The molecule has 0 radical (unpaired) electrons. The summed E-state index contributed by atoms with van der Waals surface area (Å²) in [7, 11) is 0. The number of carbonyl (C=O) groups is 1. The number of rotatable bonds is 3. The topological polar surface area (TPSA) is 52.3 Å². The van der Waals surface area contributed by atoms with Gasteiger partial charge in [0.25, 0.3) is 0 Å². The monoisotopic (exact) mass is 199 g/mol. The predicted molar refractivity (Wildman–Crippen MR) is 55.8 cm³/mol. The van der Waals surface area contributed by atoms with Crippen LogP contribution in [0.1, 0.15) is 46.0 Å². The van der Waals surface area contributed by atoms with Crippen molar-refractivity contribution in [3.05, 3.63) is 0 Å². The van der Waals surface area contributed by atoms with Crippen LogP contribution < -0.4 is 5.73 Å². The minimum Gasteiger partial charge on any atom is -0.462 e. The minimum atomic E-state index is -0.0551. The van der Waals surface area contributed by atoms with Crippen LogP contribution in [-0.4, -0.2) is 18.1 Å². The van der Waals surface area contributed by atoms with E-state index >= 15 is 0 Å². The Morgan fingerprint density at radius 3 is 2.43 bits per heavy atom. The number of hydrogen-bond donors (Lipinski definition) is 1. The standard InChI is InChI=1S/C11H21NO2/c1-8(2)7-11(13)14-10-5-3-9(12)4-6-10/h8-10H,3-7,12H2,1-2H3. The fourth-order valence-corrected chi connectivity index (χ4v) is 1.77. The van der Waals surface area contributed by atoms with Crippen molar-refractivity contribution in [2.45, 2.75) is 58.1 Å². The predicted octanol–water partition coefficient (Wildman–Crippen LogP) is 1.85. The molecule has 1 fully saturated rings. The molecule has 0 aromatic carbocycles. The Kier molecular flexibility index (Phi) is 4.39. The van der Waals surface area contributed by atoms with Crippen LogP contribution in [0, 0.1) is 5.92 Å². The van der Waals surface area contributed by atoms with Gasteiger partial charge in [-0.2, -0.15) is 0 Å². The van der Waals surface area contributed by atoms with Gasteiger partial charge in [-0.05, 0) is 31.6 Å². The fourth-order valence-electron chi connectivity index (χ4n) is 1.77. The maximum atomic E-state index is 11.3. The summed E-state index contributed by atoms with van der Waals surface area (Å²) < 4.78 is 5.36. The van der Waals surface area contributed by atoms with Crippen LogP contribution in [0.2, 0.25) is 0 Å². The lowest BCUT2D eigenvalue weighted by Gasteiger charge is -2.26. The molecule has 0 amide bonds. The van der Waals surface area contributed by atoms with Crippen LogP contribution in [0.5, 0.6) is 0 Å². The van der Waals surface area contributed by atoms with Crippen molar-refractivity contribution in [2.24, 2.45) is 11.7 Å². The van der Waals surface area contributed by atoms with Gasteiger partial charge in [-0.1, -0.05) is 13.8 Å². The van der Waals surface area contributed by atoms with E-state index in [0.29, 0.717) is 18.4 Å². The molecule has 82 valence electrons. The number of ether oxygens (including phenoxy) is 1. The highest BCUT2D eigenvalue weighted by molar-refractivity contribution is 5.69. The lowest BCUT2D eigenvalue weighted by molar-refractivity contribution is -0.151. The van der Waals surface area contributed by atoms with Gasteiger partial charge >= 0.3 is 5.97 Å². The van der Waals surface area contributed by atoms with E-state index in [1.807, 2.05) is 13.8 Å². The average molecular weight is 199 g/mol. The van der Waals surface area contributed by atoms with E-state index in [0.717, 1.165) is 25.7 Å². The van der Waals surface area contributed by atoms with Gasteiger partial charge in [0.15, 0.2) is 0 Å². The van der Waals surface area contributed by atoms with E-state index in [1.54, 1.807) is 0 Å². The lowest BCUT2D eigenvalue weighted by atomic mass is 9.94.